The lowest BCUT2D eigenvalue weighted by atomic mass is 9.97. The molecule has 1 rings (SSSR count). The average molecular weight is 330 g/mol. The molecule has 0 saturated carbocycles. The second-order valence-corrected chi connectivity index (χ2v) is 6.82. The van der Waals surface area contributed by atoms with Crippen LogP contribution in [0.2, 0.25) is 0 Å². The molecule has 0 amide bonds. The Morgan fingerprint density at radius 3 is 2.05 bits per heavy atom. The summed E-state index contributed by atoms with van der Waals surface area (Å²) in [6, 6.07) is 0. The Hall–Kier alpha value is -0.0900. The summed E-state index contributed by atoms with van der Waals surface area (Å²) in [5.41, 5.74) is 0. The first-order valence-electron chi connectivity index (χ1n) is 6.71. The van der Waals surface area contributed by atoms with E-state index < -0.39 is 50.6 Å². The normalized spacial score (nSPS) is 35.7. The van der Waals surface area contributed by atoms with Crippen molar-refractivity contribution in [3.05, 3.63) is 0 Å². The molecular weight excluding hydrogens is 307 g/mol. The second kappa shape index (κ2) is 7.96. The lowest BCUT2D eigenvalue weighted by Gasteiger charge is -2.39. The van der Waals surface area contributed by atoms with E-state index in [4.69, 9.17) is 13.8 Å². The zero-order valence-electron chi connectivity index (χ0n) is 11.9. The van der Waals surface area contributed by atoms with Crippen molar-refractivity contribution < 1.29 is 43.9 Å². The van der Waals surface area contributed by atoms with E-state index in [-0.39, 0.29) is 13.2 Å². The molecule has 10 heteroatoms. The van der Waals surface area contributed by atoms with Crippen LogP contribution in [-0.2, 0) is 18.3 Å². The third-order valence-electron chi connectivity index (χ3n) is 3.11. The molecule has 0 aromatic carbocycles. The predicted molar refractivity (Wildman–Crippen MR) is 70.4 cm³/mol. The van der Waals surface area contributed by atoms with Crippen LogP contribution >= 0.6 is 7.60 Å². The van der Waals surface area contributed by atoms with Crippen LogP contribution in [0.5, 0.6) is 0 Å². The van der Waals surface area contributed by atoms with E-state index in [2.05, 4.69) is 0 Å². The van der Waals surface area contributed by atoms with E-state index in [1.54, 1.807) is 13.8 Å². The molecule has 0 aliphatic carbocycles. The van der Waals surface area contributed by atoms with Crippen LogP contribution < -0.4 is 0 Å². The topological polar surface area (TPSA) is 146 Å². The van der Waals surface area contributed by atoms with E-state index in [1.165, 1.54) is 0 Å². The Balaban J connectivity index is 2.76. The molecule has 1 aliphatic heterocycles. The molecule has 9 nitrogen and oxygen atoms in total. The summed E-state index contributed by atoms with van der Waals surface area (Å²) in [5, 5.41) is 48.1. The van der Waals surface area contributed by atoms with Crippen LogP contribution in [0.1, 0.15) is 20.3 Å². The molecular formula is C11H23O9P. The second-order valence-electron chi connectivity index (χ2n) is 4.63. The van der Waals surface area contributed by atoms with Gasteiger partial charge in [0.25, 0.3) is 0 Å². The molecule has 5 N–H and O–H groups in total. The fourth-order valence-electron chi connectivity index (χ4n) is 2.03. The van der Waals surface area contributed by atoms with Gasteiger partial charge in [-0.3, -0.25) is 4.57 Å². The maximum Gasteiger partial charge on any atom is 0.358 e. The van der Waals surface area contributed by atoms with Crippen molar-refractivity contribution in [3.8, 4) is 0 Å². The van der Waals surface area contributed by atoms with Gasteiger partial charge in [-0.05, 0) is 13.8 Å². The maximum atomic E-state index is 12.3. The summed E-state index contributed by atoms with van der Waals surface area (Å²) in [6.45, 7) is 3.25. The van der Waals surface area contributed by atoms with E-state index in [0.717, 1.165) is 0 Å². The van der Waals surface area contributed by atoms with Gasteiger partial charge >= 0.3 is 7.60 Å². The van der Waals surface area contributed by atoms with Crippen LogP contribution in [0.3, 0.4) is 0 Å². The maximum absolute atomic E-state index is 12.3. The highest BCUT2D eigenvalue weighted by atomic mass is 31.2. The first-order chi connectivity index (χ1) is 9.76. The van der Waals surface area contributed by atoms with Crippen molar-refractivity contribution in [2.45, 2.75) is 56.8 Å². The molecule has 0 bridgehead atoms. The third-order valence-corrected chi connectivity index (χ3v) is 5.29. The molecule has 1 heterocycles. The molecule has 0 spiro atoms. The Kier molecular flexibility index (Phi) is 7.18. The number of ether oxygens (including phenoxy) is 1. The first-order valence-corrected chi connectivity index (χ1v) is 8.32. The lowest BCUT2D eigenvalue weighted by molar-refractivity contribution is -0.284. The Bertz CT molecular complexity index is 356. The van der Waals surface area contributed by atoms with Crippen molar-refractivity contribution in [2.75, 3.05) is 13.2 Å². The Morgan fingerprint density at radius 2 is 1.57 bits per heavy atom. The van der Waals surface area contributed by atoms with Crippen LogP contribution in [-0.4, -0.2) is 75.3 Å². The van der Waals surface area contributed by atoms with Gasteiger partial charge in [0.1, 0.15) is 18.3 Å². The fourth-order valence-corrected chi connectivity index (χ4v) is 3.64. The fraction of sp³-hybridized carbons (Fsp3) is 1.00. The highest BCUT2D eigenvalue weighted by molar-refractivity contribution is 7.54. The summed E-state index contributed by atoms with van der Waals surface area (Å²) >= 11 is 0. The van der Waals surface area contributed by atoms with Crippen LogP contribution in [0.25, 0.3) is 0 Å². The van der Waals surface area contributed by atoms with E-state index >= 15 is 0 Å². The number of rotatable bonds is 7. The molecule has 1 fully saturated rings. The van der Waals surface area contributed by atoms with Gasteiger partial charge in [-0.2, -0.15) is 0 Å². The molecule has 0 unspecified atom stereocenters. The average Bonchev–Trinajstić information content (AvgIpc) is 2.42. The summed E-state index contributed by atoms with van der Waals surface area (Å²) < 4.78 is 27.1. The van der Waals surface area contributed by atoms with Gasteiger partial charge in [0, 0.05) is 6.42 Å². The Labute approximate surface area is 122 Å². The van der Waals surface area contributed by atoms with Gasteiger partial charge in [0.15, 0.2) is 12.1 Å². The summed E-state index contributed by atoms with van der Waals surface area (Å²) in [7, 11) is -3.82. The smallest absolute Gasteiger partial charge is 0.358 e. The van der Waals surface area contributed by atoms with Gasteiger partial charge in [-0.25, -0.2) is 0 Å². The van der Waals surface area contributed by atoms with Crippen molar-refractivity contribution in [2.24, 2.45) is 0 Å². The molecule has 126 valence electrons. The van der Waals surface area contributed by atoms with Crippen molar-refractivity contribution in [3.63, 3.8) is 0 Å². The lowest BCUT2D eigenvalue weighted by Crippen LogP contribution is -2.58. The largest absolute Gasteiger partial charge is 0.388 e. The van der Waals surface area contributed by atoms with Crippen molar-refractivity contribution >= 4 is 7.60 Å². The molecule has 1 aliphatic rings. The molecule has 6 atom stereocenters. The molecule has 0 aromatic heterocycles. The predicted octanol–water partition coefficient (Wildman–Crippen LogP) is -1.24. The minimum absolute atomic E-state index is 0.0480. The van der Waals surface area contributed by atoms with E-state index in [9.17, 15) is 30.1 Å². The molecule has 21 heavy (non-hydrogen) atoms. The van der Waals surface area contributed by atoms with Crippen LogP contribution in [0.4, 0.5) is 0 Å². The van der Waals surface area contributed by atoms with Gasteiger partial charge in [0.05, 0.1) is 19.3 Å². The minimum atomic E-state index is -3.82. The summed E-state index contributed by atoms with van der Waals surface area (Å²) in [4.78, 5) is 0. The number of aliphatic hydroxyl groups is 5. The monoisotopic (exact) mass is 330 g/mol. The highest BCUT2D eigenvalue weighted by Crippen LogP contribution is 2.53. The van der Waals surface area contributed by atoms with Gasteiger partial charge in [-0.15, -0.1) is 0 Å². The minimum Gasteiger partial charge on any atom is -0.388 e. The van der Waals surface area contributed by atoms with Gasteiger partial charge in [-0.1, -0.05) is 0 Å². The number of hydrogen-bond donors (Lipinski definition) is 5. The molecule has 1 saturated heterocycles. The molecule has 0 radical (unpaired) electrons. The van der Waals surface area contributed by atoms with Crippen LogP contribution in [0, 0.1) is 0 Å². The van der Waals surface area contributed by atoms with E-state index in [0.29, 0.717) is 0 Å². The standard InChI is InChI=1S/C11H23O9P/c1-3-18-21(17,19-4-2)7(12)5-6-8(13)9(14)10(15)11(16)20-6/h6-16H,3-5H2,1-2H3/t6-,7-,8-,9+,10-,11-/m1/s1. The van der Waals surface area contributed by atoms with Gasteiger partial charge < -0.3 is 39.3 Å². The SMILES string of the molecule is CCOP(=O)(OCC)[C@@H](O)C[C@H]1O[C@@H](O)[C@H](O)[C@@H](O)[C@@H]1O. The van der Waals surface area contributed by atoms with Crippen molar-refractivity contribution in [1.82, 2.24) is 0 Å². The zero-order valence-corrected chi connectivity index (χ0v) is 12.8. The summed E-state index contributed by atoms with van der Waals surface area (Å²) in [6.07, 6.45) is -8.24. The van der Waals surface area contributed by atoms with Gasteiger partial charge in [0.2, 0.25) is 0 Å². The zero-order chi connectivity index (χ0) is 16.2. The quantitative estimate of drug-likeness (QED) is 0.362. The number of hydrogen-bond acceptors (Lipinski definition) is 9. The highest BCUT2D eigenvalue weighted by Gasteiger charge is 2.46. The summed E-state index contributed by atoms with van der Waals surface area (Å²) in [5.74, 6) is -1.60. The first kappa shape index (κ1) is 19.0. The van der Waals surface area contributed by atoms with Crippen LogP contribution in [0.15, 0.2) is 0 Å². The number of aliphatic hydroxyl groups excluding tert-OH is 5. The van der Waals surface area contributed by atoms with Crippen molar-refractivity contribution in [1.29, 1.82) is 0 Å². The van der Waals surface area contributed by atoms with E-state index in [1.807, 2.05) is 0 Å². The Morgan fingerprint density at radius 1 is 1.05 bits per heavy atom. The molecule has 0 aromatic rings. The third kappa shape index (κ3) is 4.44.